The molecule has 0 aliphatic rings. The average molecular weight is 503 g/mol. The fraction of sp³-hybridized carbons (Fsp3) is 0.286. The number of rotatable bonds is 0. The van der Waals surface area contributed by atoms with E-state index in [9.17, 15) is 0 Å². The van der Waals surface area contributed by atoms with Gasteiger partial charge in [-0.3, -0.25) is 0 Å². The van der Waals surface area contributed by atoms with E-state index in [2.05, 4.69) is 127 Å². The molecule has 0 saturated heterocycles. The Labute approximate surface area is 193 Å². The standard InChI is InChI=1S/2C10H8.C2H5I.3C2H6/c2*1-2-6-10-8-4-3-7-9(10)5-1;1-2-3;3*1-2/h2*1-8H;2H2,1H3;3*1-2H3. The van der Waals surface area contributed by atoms with E-state index >= 15 is 0 Å². The van der Waals surface area contributed by atoms with E-state index in [0.29, 0.717) is 0 Å². The van der Waals surface area contributed by atoms with Gasteiger partial charge >= 0.3 is 0 Å². The first-order valence-corrected chi connectivity index (χ1v) is 12.3. The van der Waals surface area contributed by atoms with Gasteiger partial charge in [0.15, 0.2) is 0 Å². The molecule has 0 amide bonds. The van der Waals surface area contributed by atoms with E-state index in [4.69, 9.17) is 0 Å². The lowest BCUT2D eigenvalue weighted by Crippen LogP contribution is -1.67. The molecule has 4 aromatic rings. The summed E-state index contributed by atoms with van der Waals surface area (Å²) in [6.45, 7) is 14.1. The maximum absolute atomic E-state index is 2.29. The van der Waals surface area contributed by atoms with Gasteiger partial charge in [0.1, 0.15) is 0 Å². The van der Waals surface area contributed by atoms with Crippen LogP contribution in [0.25, 0.3) is 21.5 Å². The molecule has 0 aromatic heterocycles. The third-order valence-electron chi connectivity index (χ3n) is 3.32. The third kappa shape index (κ3) is 13.1. The molecule has 0 N–H and O–H groups in total. The topological polar surface area (TPSA) is 0 Å². The molecule has 4 aromatic carbocycles. The van der Waals surface area contributed by atoms with Crippen LogP contribution in [0.5, 0.6) is 0 Å². The van der Waals surface area contributed by atoms with Crippen molar-refractivity contribution in [1.82, 2.24) is 0 Å². The lowest BCUT2D eigenvalue weighted by molar-refractivity contribution is 1.50. The van der Waals surface area contributed by atoms with Crippen molar-refractivity contribution in [2.45, 2.75) is 48.5 Å². The maximum atomic E-state index is 2.29. The molecular weight excluding hydrogens is 463 g/mol. The van der Waals surface area contributed by atoms with Gasteiger partial charge < -0.3 is 0 Å². The molecule has 0 radical (unpaired) electrons. The summed E-state index contributed by atoms with van der Waals surface area (Å²) < 4.78 is 1.22. The molecule has 0 bridgehead atoms. The first-order valence-electron chi connectivity index (χ1n) is 10.8. The third-order valence-corrected chi connectivity index (χ3v) is 3.32. The van der Waals surface area contributed by atoms with Gasteiger partial charge in [0, 0.05) is 0 Å². The van der Waals surface area contributed by atoms with Gasteiger partial charge in [0.25, 0.3) is 0 Å². The lowest BCUT2D eigenvalue weighted by Gasteiger charge is -1.92. The number of hydrogen-bond donors (Lipinski definition) is 0. The van der Waals surface area contributed by atoms with Crippen LogP contribution in [0, 0.1) is 0 Å². The molecule has 0 heterocycles. The summed E-state index contributed by atoms with van der Waals surface area (Å²) in [7, 11) is 0. The van der Waals surface area contributed by atoms with Crippen LogP contribution in [-0.4, -0.2) is 4.43 Å². The van der Waals surface area contributed by atoms with Gasteiger partial charge in [-0.15, -0.1) is 0 Å². The van der Waals surface area contributed by atoms with Crippen LogP contribution in [0.3, 0.4) is 0 Å². The van der Waals surface area contributed by atoms with E-state index in [1.165, 1.54) is 26.0 Å². The highest BCUT2D eigenvalue weighted by Crippen LogP contribution is 2.11. The fourth-order valence-corrected chi connectivity index (χ4v) is 2.27. The van der Waals surface area contributed by atoms with Crippen molar-refractivity contribution in [1.29, 1.82) is 0 Å². The Kier molecular flexibility index (Phi) is 22.7. The summed E-state index contributed by atoms with van der Waals surface area (Å²) in [6.07, 6.45) is 0. The summed E-state index contributed by atoms with van der Waals surface area (Å²) in [6, 6.07) is 33.4. The molecule has 0 fully saturated rings. The van der Waals surface area contributed by atoms with Crippen LogP contribution < -0.4 is 0 Å². The quantitative estimate of drug-likeness (QED) is 0.166. The molecule has 0 atom stereocenters. The second kappa shape index (κ2) is 22.4. The van der Waals surface area contributed by atoms with E-state index < -0.39 is 0 Å². The Morgan fingerprint density at radius 1 is 0.414 bits per heavy atom. The number of hydrogen-bond acceptors (Lipinski definition) is 0. The summed E-state index contributed by atoms with van der Waals surface area (Å²) >= 11 is 2.29. The minimum Gasteiger partial charge on any atom is -0.0867 e. The summed E-state index contributed by atoms with van der Waals surface area (Å²) in [5, 5.41) is 5.24. The van der Waals surface area contributed by atoms with E-state index in [1.54, 1.807) is 0 Å². The predicted molar refractivity (Wildman–Crippen MR) is 147 cm³/mol. The van der Waals surface area contributed by atoms with Crippen molar-refractivity contribution in [3.63, 3.8) is 0 Å². The van der Waals surface area contributed by atoms with Crippen LogP contribution in [0.4, 0.5) is 0 Å². The lowest BCUT2D eigenvalue weighted by atomic mass is 10.1. The molecule has 1 heteroatoms. The Bertz CT molecular complexity index is 635. The van der Waals surface area contributed by atoms with Gasteiger partial charge in [-0.2, -0.15) is 0 Å². The summed E-state index contributed by atoms with van der Waals surface area (Å²) in [5.41, 5.74) is 0. The predicted octanol–water partition coefficient (Wildman–Crippen LogP) is 10.2. The molecule has 0 spiro atoms. The Hall–Kier alpha value is -1.87. The van der Waals surface area contributed by atoms with Crippen molar-refractivity contribution in [2.24, 2.45) is 0 Å². The average Bonchev–Trinajstić information content (AvgIpc) is 2.84. The van der Waals surface area contributed by atoms with Gasteiger partial charge in [0.05, 0.1) is 0 Å². The summed E-state index contributed by atoms with van der Waals surface area (Å²) in [5.74, 6) is 0. The number of alkyl halides is 1. The Balaban J connectivity index is 0. The van der Waals surface area contributed by atoms with Crippen LogP contribution in [0.2, 0.25) is 0 Å². The molecule has 0 unspecified atom stereocenters. The zero-order valence-electron chi connectivity index (χ0n) is 19.3. The molecule has 4 rings (SSSR count). The minimum atomic E-state index is 1.22. The van der Waals surface area contributed by atoms with Crippen molar-refractivity contribution in [2.75, 3.05) is 4.43 Å². The molecule has 0 nitrogen and oxygen atoms in total. The van der Waals surface area contributed by atoms with Crippen molar-refractivity contribution < 1.29 is 0 Å². The molecule has 0 aliphatic heterocycles. The fourth-order valence-electron chi connectivity index (χ4n) is 2.27. The van der Waals surface area contributed by atoms with E-state index in [0.717, 1.165) is 0 Å². The number of benzene rings is 4. The van der Waals surface area contributed by atoms with Gasteiger partial charge in [-0.05, 0) is 26.0 Å². The first-order chi connectivity index (χ1) is 14.3. The van der Waals surface area contributed by atoms with E-state index in [1.807, 2.05) is 41.5 Å². The molecule has 0 saturated carbocycles. The largest absolute Gasteiger partial charge is 0.0867 e. The maximum Gasteiger partial charge on any atom is -0.00332 e. The van der Waals surface area contributed by atoms with Gasteiger partial charge in [0.2, 0.25) is 0 Å². The zero-order valence-corrected chi connectivity index (χ0v) is 21.5. The van der Waals surface area contributed by atoms with Gasteiger partial charge in [-0.25, -0.2) is 0 Å². The normalized spacial score (nSPS) is 8.14. The molecule has 0 aliphatic carbocycles. The van der Waals surface area contributed by atoms with Gasteiger partial charge in [-0.1, -0.05) is 168 Å². The number of fused-ring (bicyclic) bond motifs is 2. The van der Waals surface area contributed by atoms with Crippen LogP contribution >= 0.6 is 22.6 Å². The first kappa shape index (κ1) is 29.3. The van der Waals surface area contributed by atoms with Crippen LogP contribution in [0.1, 0.15) is 48.5 Å². The molecular formula is C28H39I. The Morgan fingerprint density at radius 2 is 0.517 bits per heavy atom. The number of halogens is 1. The SMILES string of the molecule is CC.CC.CC.CCI.c1ccc2ccccc2c1.c1ccc2ccccc2c1. The minimum absolute atomic E-state index is 1.22. The second-order valence-corrected chi connectivity index (χ2v) is 6.49. The van der Waals surface area contributed by atoms with Crippen molar-refractivity contribution in [3.8, 4) is 0 Å². The Morgan fingerprint density at radius 3 is 0.621 bits per heavy atom. The monoisotopic (exact) mass is 502 g/mol. The molecule has 29 heavy (non-hydrogen) atoms. The van der Waals surface area contributed by atoms with Crippen LogP contribution in [-0.2, 0) is 0 Å². The second-order valence-electron chi connectivity index (χ2n) is 4.96. The van der Waals surface area contributed by atoms with Crippen molar-refractivity contribution in [3.05, 3.63) is 97.1 Å². The smallest absolute Gasteiger partial charge is 0.00332 e. The highest BCUT2D eigenvalue weighted by atomic mass is 127. The highest BCUT2D eigenvalue weighted by molar-refractivity contribution is 14.1. The zero-order chi connectivity index (χ0) is 22.3. The molecule has 158 valence electrons. The van der Waals surface area contributed by atoms with Crippen molar-refractivity contribution >= 4 is 44.1 Å². The van der Waals surface area contributed by atoms with E-state index in [-0.39, 0.29) is 0 Å². The summed E-state index contributed by atoms with van der Waals surface area (Å²) in [4.78, 5) is 0. The highest BCUT2D eigenvalue weighted by Gasteiger charge is 1.86. The van der Waals surface area contributed by atoms with Crippen LogP contribution in [0.15, 0.2) is 97.1 Å².